The third-order valence-electron chi connectivity index (χ3n) is 3.70. The summed E-state index contributed by atoms with van der Waals surface area (Å²) in [4.78, 5) is 6.00. The number of hydrogen-bond donors (Lipinski definition) is 1. The SMILES string of the molecule is CCCNCc1cnc(C2Cc3ccccc3C2)s1. The molecule has 0 unspecified atom stereocenters. The van der Waals surface area contributed by atoms with Gasteiger partial charge in [-0.25, -0.2) is 4.98 Å². The van der Waals surface area contributed by atoms with Crippen molar-refractivity contribution in [1.29, 1.82) is 0 Å². The van der Waals surface area contributed by atoms with Gasteiger partial charge in [0.2, 0.25) is 0 Å². The Morgan fingerprint density at radius 2 is 2.00 bits per heavy atom. The summed E-state index contributed by atoms with van der Waals surface area (Å²) in [6.07, 6.45) is 5.55. The first kappa shape index (κ1) is 12.8. The fourth-order valence-electron chi connectivity index (χ4n) is 2.71. The lowest BCUT2D eigenvalue weighted by Crippen LogP contribution is -2.12. The molecule has 0 radical (unpaired) electrons. The molecule has 19 heavy (non-hydrogen) atoms. The van der Waals surface area contributed by atoms with Crippen LogP contribution in [0.4, 0.5) is 0 Å². The van der Waals surface area contributed by atoms with E-state index in [0.717, 1.165) is 25.9 Å². The monoisotopic (exact) mass is 272 g/mol. The largest absolute Gasteiger partial charge is 0.312 e. The van der Waals surface area contributed by atoms with Gasteiger partial charge in [-0.2, -0.15) is 0 Å². The molecule has 0 fully saturated rings. The molecule has 0 aliphatic heterocycles. The molecule has 0 atom stereocenters. The van der Waals surface area contributed by atoms with Crippen LogP contribution < -0.4 is 5.32 Å². The van der Waals surface area contributed by atoms with Crippen LogP contribution in [0.1, 0.15) is 40.3 Å². The van der Waals surface area contributed by atoms with Crippen molar-refractivity contribution in [1.82, 2.24) is 10.3 Å². The predicted molar refractivity (Wildman–Crippen MR) is 80.7 cm³/mol. The van der Waals surface area contributed by atoms with E-state index in [-0.39, 0.29) is 0 Å². The number of thiazole rings is 1. The van der Waals surface area contributed by atoms with Crippen molar-refractivity contribution in [3.63, 3.8) is 0 Å². The predicted octanol–water partition coefficient (Wildman–Crippen LogP) is 3.53. The molecule has 0 amide bonds. The Labute approximate surface area is 118 Å². The van der Waals surface area contributed by atoms with Crippen molar-refractivity contribution in [3.05, 3.63) is 51.5 Å². The summed E-state index contributed by atoms with van der Waals surface area (Å²) in [5, 5.41) is 4.75. The van der Waals surface area contributed by atoms with Crippen molar-refractivity contribution in [3.8, 4) is 0 Å². The van der Waals surface area contributed by atoms with E-state index in [2.05, 4.69) is 41.5 Å². The molecule has 3 heteroatoms. The van der Waals surface area contributed by atoms with E-state index in [1.54, 1.807) is 0 Å². The van der Waals surface area contributed by atoms with Gasteiger partial charge >= 0.3 is 0 Å². The molecule has 3 rings (SSSR count). The van der Waals surface area contributed by atoms with Crippen LogP contribution in [0.25, 0.3) is 0 Å². The number of nitrogens with one attached hydrogen (secondary N) is 1. The van der Waals surface area contributed by atoms with Crippen LogP contribution in [-0.4, -0.2) is 11.5 Å². The summed E-state index contributed by atoms with van der Waals surface area (Å²) < 4.78 is 0. The van der Waals surface area contributed by atoms with Crippen molar-refractivity contribution in [2.45, 2.75) is 38.6 Å². The van der Waals surface area contributed by atoms with E-state index in [9.17, 15) is 0 Å². The number of nitrogens with zero attached hydrogens (tertiary/aromatic N) is 1. The maximum Gasteiger partial charge on any atom is 0.0965 e. The molecular formula is C16H20N2S. The van der Waals surface area contributed by atoms with Gasteiger partial charge in [0.25, 0.3) is 0 Å². The van der Waals surface area contributed by atoms with Crippen LogP contribution in [-0.2, 0) is 19.4 Å². The van der Waals surface area contributed by atoms with Crippen LogP contribution in [0.5, 0.6) is 0 Å². The molecule has 2 nitrogen and oxygen atoms in total. The molecule has 1 aromatic heterocycles. The third kappa shape index (κ3) is 2.88. The third-order valence-corrected chi connectivity index (χ3v) is 4.86. The number of hydrogen-bond acceptors (Lipinski definition) is 3. The average molecular weight is 272 g/mol. The molecule has 0 saturated heterocycles. The zero-order valence-corrected chi connectivity index (χ0v) is 12.2. The van der Waals surface area contributed by atoms with Crippen LogP contribution in [0.15, 0.2) is 30.5 Å². The van der Waals surface area contributed by atoms with E-state index in [4.69, 9.17) is 0 Å². The van der Waals surface area contributed by atoms with Crippen molar-refractivity contribution in [2.75, 3.05) is 6.54 Å². The second-order valence-corrected chi connectivity index (χ2v) is 6.36. The zero-order valence-electron chi connectivity index (χ0n) is 11.4. The van der Waals surface area contributed by atoms with E-state index >= 15 is 0 Å². The second kappa shape index (κ2) is 5.85. The first-order chi connectivity index (χ1) is 9.36. The normalized spacial score (nSPS) is 14.8. The van der Waals surface area contributed by atoms with Crippen molar-refractivity contribution < 1.29 is 0 Å². The minimum absolute atomic E-state index is 0.599. The zero-order chi connectivity index (χ0) is 13.1. The Kier molecular flexibility index (Phi) is 3.95. The van der Waals surface area contributed by atoms with Crippen LogP contribution >= 0.6 is 11.3 Å². The molecule has 1 N–H and O–H groups in total. The first-order valence-corrected chi connectivity index (χ1v) is 7.90. The van der Waals surface area contributed by atoms with Gasteiger partial charge in [0.05, 0.1) is 5.01 Å². The van der Waals surface area contributed by atoms with E-state index < -0.39 is 0 Å². The first-order valence-electron chi connectivity index (χ1n) is 7.09. The minimum atomic E-state index is 0.599. The fourth-order valence-corrected chi connectivity index (χ4v) is 3.70. The van der Waals surface area contributed by atoms with Crippen LogP contribution in [0.2, 0.25) is 0 Å². The van der Waals surface area contributed by atoms with Crippen LogP contribution in [0, 0.1) is 0 Å². The summed E-state index contributed by atoms with van der Waals surface area (Å²) in [6.45, 7) is 4.24. The molecule has 1 aliphatic carbocycles. The summed E-state index contributed by atoms with van der Waals surface area (Å²) in [6, 6.07) is 8.80. The summed E-state index contributed by atoms with van der Waals surface area (Å²) in [7, 11) is 0. The van der Waals surface area contributed by atoms with E-state index in [0.29, 0.717) is 5.92 Å². The standard InChI is InChI=1S/C16H20N2S/c1-2-7-17-10-15-11-18-16(19-15)14-8-12-5-3-4-6-13(12)9-14/h3-6,11,14,17H,2,7-10H2,1H3. The Hall–Kier alpha value is -1.19. The Morgan fingerprint density at radius 3 is 2.68 bits per heavy atom. The quantitative estimate of drug-likeness (QED) is 0.842. The topological polar surface area (TPSA) is 24.9 Å². The highest BCUT2D eigenvalue weighted by atomic mass is 32.1. The maximum absolute atomic E-state index is 4.64. The van der Waals surface area contributed by atoms with Gasteiger partial charge in [-0.3, -0.25) is 0 Å². The smallest absolute Gasteiger partial charge is 0.0965 e. The van der Waals surface area contributed by atoms with Crippen molar-refractivity contribution >= 4 is 11.3 Å². The van der Waals surface area contributed by atoms with Crippen LogP contribution in [0.3, 0.4) is 0 Å². The Bertz CT molecular complexity index is 522. The maximum atomic E-state index is 4.64. The molecule has 1 heterocycles. The number of fused-ring (bicyclic) bond motifs is 1. The van der Waals surface area contributed by atoms with Gasteiger partial charge in [0, 0.05) is 23.5 Å². The van der Waals surface area contributed by atoms with E-state index in [1.807, 2.05) is 17.5 Å². The van der Waals surface area contributed by atoms with Gasteiger partial charge in [-0.1, -0.05) is 31.2 Å². The van der Waals surface area contributed by atoms with E-state index in [1.165, 1.54) is 27.4 Å². The van der Waals surface area contributed by atoms with Gasteiger partial charge < -0.3 is 5.32 Å². The number of rotatable bonds is 5. The number of benzene rings is 1. The second-order valence-electron chi connectivity index (χ2n) is 5.22. The molecule has 0 saturated carbocycles. The molecular weight excluding hydrogens is 252 g/mol. The van der Waals surface area contributed by atoms with Gasteiger partial charge in [-0.15, -0.1) is 11.3 Å². The van der Waals surface area contributed by atoms with Gasteiger partial charge in [-0.05, 0) is 36.9 Å². The molecule has 1 aliphatic rings. The lowest BCUT2D eigenvalue weighted by atomic mass is 10.1. The minimum Gasteiger partial charge on any atom is -0.312 e. The average Bonchev–Trinajstić information content (AvgIpc) is 3.04. The molecule has 0 spiro atoms. The molecule has 0 bridgehead atoms. The summed E-state index contributed by atoms with van der Waals surface area (Å²) in [5.74, 6) is 0.599. The van der Waals surface area contributed by atoms with Gasteiger partial charge in [0.1, 0.15) is 0 Å². The highest BCUT2D eigenvalue weighted by Crippen LogP contribution is 2.35. The van der Waals surface area contributed by atoms with Gasteiger partial charge in [0.15, 0.2) is 0 Å². The highest BCUT2D eigenvalue weighted by molar-refractivity contribution is 7.11. The van der Waals surface area contributed by atoms with Crippen molar-refractivity contribution in [2.24, 2.45) is 0 Å². The Morgan fingerprint density at radius 1 is 1.26 bits per heavy atom. The lowest BCUT2D eigenvalue weighted by molar-refractivity contribution is 0.681. The summed E-state index contributed by atoms with van der Waals surface area (Å²) in [5.41, 5.74) is 3.02. The fraction of sp³-hybridized carbons (Fsp3) is 0.438. The molecule has 2 aromatic rings. The summed E-state index contributed by atoms with van der Waals surface area (Å²) >= 11 is 1.88. The highest BCUT2D eigenvalue weighted by Gasteiger charge is 2.24. The lowest BCUT2D eigenvalue weighted by Gasteiger charge is -2.03. The molecule has 1 aromatic carbocycles. The number of aromatic nitrogens is 1. The Balaban J connectivity index is 1.65. The molecule has 100 valence electrons.